The van der Waals surface area contributed by atoms with Crippen molar-refractivity contribution in [3.05, 3.63) is 0 Å². The van der Waals surface area contributed by atoms with E-state index in [1.807, 2.05) is 0 Å². The Morgan fingerprint density at radius 2 is 1.89 bits per heavy atom. The summed E-state index contributed by atoms with van der Waals surface area (Å²) >= 11 is 0. The molecule has 0 aliphatic carbocycles. The van der Waals surface area contributed by atoms with Gasteiger partial charge in [0.1, 0.15) is 12.7 Å². The maximum absolute atomic E-state index is 9.52. The monoisotopic (exact) mass is 274 g/mol. The molecule has 0 radical (unpaired) electrons. The van der Waals surface area contributed by atoms with Crippen LogP contribution in [0.1, 0.15) is 6.42 Å². The first-order valence-electron chi connectivity index (χ1n) is 6.29. The van der Waals surface area contributed by atoms with Gasteiger partial charge in [0.15, 0.2) is 6.29 Å². The number of hydrogen-bond acceptors (Lipinski definition) is 6. The highest BCUT2D eigenvalue weighted by Crippen LogP contribution is 2.34. The molecule has 19 heavy (non-hydrogen) atoms. The number of ether oxygens (including phenoxy) is 3. The van der Waals surface area contributed by atoms with Gasteiger partial charge in [-0.25, -0.2) is 0 Å². The van der Waals surface area contributed by atoms with E-state index in [0.717, 1.165) is 0 Å². The molecule has 1 saturated heterocycles. The zero-order valence-electron chi connectivity index (χ0n) is 11.1. The molecule has 0 bridgehead atoms. The fraction of sp³-hybridized carbons (Fsp3) is 0.846. The Hall–Kier alpha value is -0.680. The van der Waals surface area contributed by atoms with Crippen LogP contribution in [-0.4, -0.2) is 67.4 Å². The van der Waals surface area contributed by atoms with Crippen LogP contribution in [0.2, 0.25) is 0 Å². The van der Waals surface area contributed by atoms with Crippen LogP contribution < -0.4 is 0 Å². The molecule has 0 spiro atoms. The van der Waals surface area contributed by atoms with Crippen molar-refractivity contribution in [3.8, 4) is 12.3 Å². The van der Waals surface area contributed by atoms with Crippen molar-refractivity contribution in [2.24, 2.45) is 11.8 Å². The molecule has 6 nitrogen and oxygen atoms in total. The van der Waals surface area contributed by atoms with Crippen LogP contribution in [-0.2, 0) is 14.2 Å². The van der Waals surface area contributed by atoms with Gasteiger partial charge in [0.05, 0.1) is 6.10 Å². The second kappa shape index (κ2) is 8.48. The lowest BCUT2D eigenvalue weighted by molar-refractivity contribution is -0.284. The van der Waals surface area contributed by atoms with Gasteiger partial charge in [-0.05, 0) is 6.42 Å². The van der Waals surface area contributed by atoms with Gasteiger partial charge in [-0.2, -0.15) is 0 Å². The summed E-state index contributed by atoms with van der Waals surface area (Å²) in [7, 11) is 1.49. The molecule has 1 aliphatic heterocycles. The van der Waals surface area contributed by atoms with E-state index in [-0.39, 0.29) is 38.3 Å². The smallest absolute Gasteiger partial charge is 0.185 e. The first-order valence-corrected chi connectivity index (χ1v) is 6.29. The van der Waals surface area contributed by atoms with Crippen molar-refractivity contribution >= 4 is 0 Å². The first kappa shape index (κ1) is 16.4. The van der Waals surface area contributed by atoms with Crippen molar-refractivity contribution in [1.29, 1.82) is 0 Å². The fourth-order valence-electron chi connectivity index (χ4n) is 2.52. The predicted molar refractivity (Wildman–Crippen MR) is 67.1 cm³/mol. The zero-order valence-corrected chi connectivity index (χ0v) is 11.1. The molecule has 5 unspecified atom stereocenters. The Bertz CT molecular complexity index is 289. The summed E-state index contributed by atoms with van der Waals surface area (Å²) in [5.41, 5.74) is 0. The summed E-state index contributed by atoms with van der Waals surface area (Å²) in [6, 6.07) is 0. The maximum Gasteiger partial charge on any atom is 0.185 e. The topological polar surface area (TPSA) is 88.4 Å². The minimum atomic E-state index is -0.711. The third-order valence-corrected chi connectivity index (χ3v) is 3.46. The lowest BCUT2D eigenvalue weighted by Crippen LogP contribution is -2.55. The standard InChI is InChI=1S/C13H22O6/c1-3-6-18-13-12(17-2)10(8-16)9(7-15)11(19-13)4-5-14/h1,9-16H,4-8H2,2H3. The molecule has 1 fully saturated rings. The number of rotatable bonds is 7. The molecular formula is C13H22O6. The molecule has 0 saturated carbocycles. The van der Waals surface area contributed by atoms with Crippen LogP contribution in [0.5, 0.6) is 0 Å². The largest absolute Gasteiger partial charge is 0.396 e. The number of methoxy groups -OCH3 is 1. The summed E-state index contributed by atoms with van der Waals surface area (Å²) in [5, 5.41) is 28.0. The van der Waals surface area contributed by atoms with E-state index in [0.29, 0.717) is 6.42 Å². The fourth-order valence-corrected chi connectivity index (χ4v) is 2.52. The van der Waals surface area contributed by atoms with Crippen molar-refractivity contribution in [1.82, 2.24) is 0 Å². The van der Waals surface area contributed by atoms with Crippen LogP contribution >= 0.6 is 0 Å². The normalized spacial score (nSPS) is 35.0. The highest BCUT2D eigenvalue weighted by atomic mass is 16.7. The van der Waals surface area contributed by atoms with Crippen molar-refractivity contribution < 1.29 is 29.5 Å². The molecular weight excluding hydrogens is 252 g/mol. The summed E-state index contributed by atoms with van der Waals surface area (Å²) in [5.74, 6) is 1.70. The Kier molecular flexibility index (Phi) is 7.31. The number of hydrogen-bond donors (Lipinski definition) is 3. The summed E-state index contributed by atoms with van der Waals surface area (Å²) in [4.78, 5) is 0. The zero-order chi connectivity index (χ0) is 14.3. The van der Waals surface area contributed by atoms with E-state index in [2.05, 4.69) is 5.92 Å². The number of aliphatic hydroxyl groups is 3. The summed E-state index contributed by atoms with van der Waals surface area (Å²) < 4.78 is 16.4. The van der Waals surface area contributed by atoms with Gasteiger partial charge in [0.2, 0.25) is 0 Å². The van der Waals surface area contributed by atoms with Gasteiger partial charge in [-0.3, -0.25) is 0 Å². The minimum Gasteiger partial charge on any atom is -0.396 e. The highest BCUT2D eigenvalue weighted by molar-refractivity contribution is 4.91. The van der Waals surface area contributed by atoms with Gasteiger partial charge in [-0.15, -0.1) is 6.42 Å². The SMILES string of the molecule is C#CCOC1OC(CCO)C(CO)C(CO)C1OC. The summed E-state index contributed by atoms with van der Waals surface area (Å²) in [6.45, 7) is -0.320. The van der Waals surface area contributed by atoms with E-state index in [1.54, 1.807) is 0 Å². The molecule has 1 heterocycles. The number of terminal acetylenes is 1. The average molecular weight is 274 g/mol. The Morgan fingerprint density at radius 1 is 1.21 bits per heavy atom. The first-order chi connectivity index (χ1) is 9.23. The third-order valence-electron chi connectivity index (χ3n) is 3.46. The maximum atomic E-state index is 9.52. The van der Waals surface area contributed by atoms with Gasteiger partial charge in [0, 0.05) is 38.8 Å². The molecule has 0 amide bonds. The third kappa shape index (κ3) is 3.89. The second-order valence-electron chi connectivity index (χ2n) is 4.46. The lowest BCUT2D eigenvalue weighted by Gasteiger charge is -2.44. The quantitative estimate of drug-likeness (QED) is 0.515. The van der Waals surface area contributed by atoms with E-state index in [1.165, 1.54) is 7.11 Å². The van der Waals surface area contributed by atoms with Crippen molar-refractivity contribution in [3.63, 3.8) is 0 Å². The minimum absolute atomic E-state index is 0.0678. The van der Waals surface area contributed by atoms with Crippen molar-refractivity contribution in [2.75, 3.05) is 33.5 Å². The Labute approximate surface area is 113 Å². The second-order valence-corrected chi connectivity index (χ2v) is 4.46. The van der Waals surface area contributed by atoms with Crippen molar-refractivity contribution in [2.45, 2.75) is 24.9 Å². The summed E-state index contributed by atoms with van der Waals surface area (Å²) in [6.07, 6.45) is 3.88. The van der Waals surface area contributed by atoms with Crippen LogP contribution in [0.15, 0.2) is 0 Å². The van der Waals surface area contributed by atoms with E-state index in [9.17, 15) is 10.2 Å². The molecule has 6 heteroatoms. The Morgan fingerprint density at radius 3 is 2.37 bits per heavy atom. The molecule has 0 aromatic rings. The lowest BCUT2D eigenvalue weighted by atomic mass is 9.80. The highest BCUT2D eigenvalue weighted by Gasteiger charge is 2.45. The van der Waals surface area contributed by atoms with Gasteiger partial charge in [0.25, 0.3) is 0 Å². The van der Waals surface area contributed by atoms with E-state index >= 15 is 0 Å². The molecule has 5 atom stereocenters. The predicted octanol–water partition coefficient (Wildman–Crippen LogP) is -1.02. The van der Waals surface area contributed by atoms with Crippen LogP contribution in [0, 0.1) is 24.2 Å². The van der Waals surface area contributed by atoms with Crippen LogP contribution in [0.3, 0.4) is 0 Å². The van der Waals surface area contributed by atoms with Crippen LogP contribution in [0.25, 0.3) is 0 Å². The Balaban J connectivity index is 2.85. The molecule has 3 N–H and O–H groups in total. The van der Waals surface area contributed by atoms with Gasteiger partial charge >= 0.3 is 0 Å². The number of aliphatic hydroxyl groups excluding tert-OH is 3. The molecule has 1 aliphatic rings. The average Bonchev–Trinajstić information content (AvgIpc) is 2.44. The molecule has 1 rings (SSSR count). The van der Waals surface area contributed by atoms with Gasteiger partial charge in [-0.1, -0.05) is 5.92 Å². The molecule has 110 valence electrons. The van der Waals surface area contributed by atoms with Crippen LogP contribution in [0.4, 0.5) is 0 Å². The van der Waals surface area contributed by atoms with E-state index < -0.39 is 18.5 Å². The molecule has 0 aromatic carbocycles. The van der Waals surface area contributed by atoms with E-state index in [4.69, 9.17) is 25.7 Å². The van der Waals surface area contributed by atoms with Gasteiger partial charge < -0.3 is 29.5 Å². The molecule has 0 aromatic heterocycles.